The molecular weight excluding hydrogens is 487 g/mol. The number of likely N-dealkylation sites (tertiary alicyclic amines) is 2. The van der Waals surface area contributed by atoms with Gasteiger partial charge in [0.05, 0.1) is 16.6 Å². The van der Waals surface area contributed by atoms with Crippen LogP contribution in [0.2, 0.25) is 10.0 Å². The van der Waals surface area contributed by atoms with Crippen LogP contribution >= 0.6 is 23.2 Å². The predicted octanol–water partition coefficient (Wildman–Crippen LogP) is 3.69. The molecule has 0 spiro atoms. The first-order chi connectivity index (χ1) is 16.6. The van der Waals surface area contributed by atoms with Gasteiger partial charge in [-0.05, 0) is 44.0 Å². The molecule has 0 saturated carbocycles. The standard InChI is InChI=1S/C26H32Cl2N4O3/c1-26(35,21-6-4-5-7-22(21)27)25(34)31-12-10-19(11-13-31)32-15-18(16-32)29-17-8-9-20(23(28)14-17)24(33)30(2)3/h4-9,14,18-19,29,35H,10-13,15-16H2,1-3H3/t26-/m0/s1. The molecule has 188 valence electrons. The van der Waals surface area contributed by atoms with Gasteiger partial charge in [-0.1, -0.05) is 41.4 Å². The number of benzene rings is 2. The minimum absolute atomic E-state index is 0.116. The average molecular weight is 519 g/mol. The summed E-state index contributed by atoms with van der Waals surface area (Å²) in [4.78, 5) is 30.9. The highest BCUT2D eigenvalue weighted by Gasteiger charge is 2.40. The lowest BCUT2D eigenvalue weighted by molar-refractivity contribution is -0.152. The molecule has 2 N–H and O–H groups in total. The van der Waals surface area contributed by atoms with Crippen molar-refractivity contribution in [2.75, 3.05) is 45.6 Å². The first-order valence-corrected chi connectivity index (χ1v) is 12.6. The van der Waals surface area contributed by atoms with Crippen LogP contribution in [0, 0.1) is 0 Å². The van der Waals surface area contributed by atoms with Gasteiger partial charge >= 0.3 is 0 Å². The van der Waals surface area contributed by atoms with E-state index in [-0.39, 0.29) is 11.8 Å². The second-order valence-electron chi connectivity index (χ2n) is 9.76. The van der Waals surface area contributed by atoms with Gasteiger partial charge < -0.3 is 20.2 Å². The molecule has 0 radical (unpaired) electrons. The van der Waals surface area contributed by atoms with Crippen LogP contribution in [-0.4, -0.2) is 84.0 Å². The highest BCUT2D eigenvalue weighted by Crippen LogP contribution is 2.32. The fourth-order valence-electron chi connectivity index (χ4n) is 4.87. The summed E-state index contributed by atoms with van der Waals surface area (Å²) < 4.78 is 0. The van der Waals surface area contributed by atoms with Crippen molar-refractivity contribution in [2.45, 2.75) is 37.5 Å². The number of carbonyl (C=O) groups excluding carboxylic acids is 2. The second-order valence-corrected chi connectivity index (χ2v) is 10.6. The highest BCUT2D eigenvalue weighted by molar-refractivity contribution is 6.34. The Bertz CT molecular complexity index is 1090. The molecule has 0 aliphatic carbocycles. The Morgan fingerprint density at radius 3 is 2.31 bits per heavy atom. The molecule has 1 atom stereocenters. The summed E-state index contributed by atoms with van der Waals surface area (Å²) in [6.45, 7) is 4.55. The number of nitrogens with one attached hydrogen (secondary N) is 1. The van der Waals surface area contributed by atoms with Crippen LogP contribution < -0.4 is 5.32 Å². The molecule has 2 fully saturated rings. The molecule has 7 nitrogen and oxygen atoms in total. The highest BCUT2D eigenvalue weighted by atomic mass is 35.5. The maximum Gasteiger partial charge on any atom is 0.258 e. The molecule has 0 bridgehead atoms. The Morgan fingerprint density at radius 1 is 1.06 bits per heavy atom. The number of amides is 2. The van der Waals surface area contributed by atoms with Gasteiger partial charge in [0.15, 0.2) is 5.60 Å². The van der Waals surface area contributed by atoms with E-state index < -0.39 is 5.60 Å². The fourth-order valence-corrected chi connectivity index (χ4v) is 5.45. The number of rotatable bonds is 6. The van der Waals surface area contributed by atoms with Crippen molar-refractivity contribution in [3.8, 4) is 0 Å². The van der Waals surface area contributed by atoms with E-state index >= 15 is 0 Å². The van der Waals surface area contributed by atoms with Crippen molar-refractivity contribution in [3.05, 3.63) is 63.6 Å². The van der Waals surface area contributed by atoms with Crippen LogP contribution in [0.1, 0.15) is 35.7 Å². The molecule has 2 aromatic carbocycles. The lowest BCUT2D eigenvalue weighted by atomic mass is 9.92. The average Bonchev–Trinajstić information content (AvgIpc) is 2.80. The second kappa shape index (κ2) is 10.3. The molecular formula is C26H32Cl2N4O3. The number of piperidine rings is 1. The molecule has 2 aromatic rings. The summed E-state index contributed by atoms with van der Waals surface area (Å²) >= 11 is 12.6. The van der Waals surface area contributed by atoms with E-state index in [9.17, 15) is 14.7 Å². The quantitative estimate of drug-likeness (QED) is 0.609. The zero-order chi connectivity index (χ0) is 25.3. The first kappa shape index (κ1) is 25.8. The lowest BCUT2D eigenvalue weighted by Crippen LogP contribution is -2.61. The van der Waals surface area contributed by atoms with Crippen LogP contribution in [-0.2, 0) is 10.4 Å². The van der Waals surface area contributed by atoms with E-state index in [2.05, 4.69) is 10.2 Å². The Labute approximate surface area is 216 Å². The summed E-state index contributed by atoms with van der Waals surface area (Å²) in [5.74, 6) is -0.421. The summed E-state index contributed by atoms with van der Waals surface area (Å²) in [7, 11) is 3.41. The topological polar surface area (TPSA) is 76.1 Å². The van der Waals surface area contributed by atoms with E-state index in [0.29, 0.717) is 46.3 Å². The molecule has 35 heavy (non-hydrogen) atoms. The Hall–Kier alpha value is -2.32. The number of hydrogen-bond donors (Lipinski definition) is 2. The smallest absolute Gasteiger partial charge is 0.258 e. The SMILES string of the molecule is CN(C)C(=O)c1ccc(NC2CN(C3CCN(C(=O)[C@@](C)(O)c4ccccc4Cl)CC3)C2)cc1Cl. The number of aliphatic hydroxyl groups is 1. The van der Waals surface area contributed by atoms with Crippen LogP contribution in [0.15, 0.2) is 42.5 Å². The van der Waals surface area contributed by atoms with E-state index in [1.807, 2.05) is 6.07 Å². The number of carbonyl (C=O) groups is 2. The number of halogens is 2. The fraction of sp³-hybridized carbons (Fsp3) is 0.462. The molecule has 0 unspecified atom stereocenters. The van der Waals surface area contributed by atoms with Crippen molar-refractivity contribution >= 4 is 40.7 Å². The van der Waals surface area contributed by atoms with Crippen LogP contribution in [0.5, 0.6) is 0 Å². The molecule has 9 heteroatoms. The minimum Gasteiger partial charge on any atom is -0.380 e. The maximum atomic E-state index is 13.1. The van der Waals surface area contributed by atoms with E-state index in [0.717, 1.165) is 31.6 Å². The molecule has 2 heterocycles. The largest absolute Gasteiger partial charge is 0.380 e. The minimum atomic E-state index is -1.65. The molecule has 0 aromatic heterocycles. The molecule has 2 aliphatic heterocycles. The monoisotopic (exact) mass is 518 g/mol. The van der Waals surface area contributed by atoms with E-state index in [1.165, 1.54) is 11.8 Å². The predicted molar refractivity (Wildman–Crippen MR) is 139 cm³/mol. The van der Waals surface area contributed by atoms with Gasteiger partial charge in [-0.3, -0.25) is 14.5 Å². The zero-order valence-electron chi connectivity index (χ0n) is 20.3. The van der Waals surface area contributed by atoms with Gasteiger partial charge in [0.25, 0.3) is 11.8 Å². The maximum absolute atomic E-state index is 13.1. The Balaban J connectivity index is 1.26. The van der Waals surface area contributed by atoms with Gasteiger partial charge in [0.1, 0.15) is 0 Å². The lowest BCUT2D eigenvalue weighted by Gasteiger charge is -2.48. The number of hydrogen-bond acceptors (Lipinski definition) is 5. The zero-order valence-corrected chi connectivity index (χ0v) is 21.8. The van der Waals surface area contributed by atoms with Crippen molar-refractivity contribution in [1.29, 1.82) is 0 Å². The van der Waals surface area contributed by atoms with E-state index in [1.54, 1.807) is 55.4 Å². The molecule has 4 rings (SSSR count). The molecule has 2 aliphatic rings. The van der Waals surface area contributed by atoms with Gasteiger partial charge in [-0.2, -0.15) is 0 Å². The molecule has 2 saturated heterocycles. The van der Waals surface area contributed by atoms with Gasteiger partial charge in [0, 0.05) is 62.6 Å². The third-order valence-electron chi connectivity index (χ3n) is 6.97. The number of anilines is 1. The van der Waals surface area contributed by atoms with E-state index in [4.69, 9.17) is 23.2 Å². The summed E-state index contributed by atoms with van der Waals surface area (Å²) in [5.41, 5.74) is 0.180. The van der Waals surface area contributed by atoms with Crippen molar-refractivity contribution in [2.24, 2.45) is 0 Å². The van der Waals surface area contributed by atoms with Gasteiger partial charge in [-0.25, -0.2) is 0 Å². The van der Waals surface area contributed by atoms with Gasteiger partial charge in [-0.15, -0.1) is 0 Å². The van der Waals surface area contributed by atoms with Crippen molar-refractivity contribution in [1.82, 2.24) is 14.7 Å². The first-order valence-electron chi connectivity index (χ1n) is 11.9. The third kappa shape index (κ3) is 5.43. The Kier molecular flexibility index (Phi) is 7.62. The summed E-state index contributed by atoms with van der Waals surface area (Å²) in [6.07, 6.45) is 1.73. The Morgan fingerprint density at radius 2 is 1.71 bits per heavy atom. The van der Waals surface area contributed by atoms with Crippen molar-refractivity contribution < 1.29 is 14.7 Å². The van der Waals surface area contributed by atoms with Gasteiger partial charge in [0.2, 0.25) is 0 Å². The van der Waals surface area contributed by atoms with Crippen LogP contribution in [0.25, 0.3) is 0 Å². The normalized spacial score (nSPS) is 19.1. The third-order valence-corrected chi connectivity index (χ3v) is 7.61. The summed E-state index contributed by atoms with van der Waals surface area (Å²) in [6, 6.07) is 13.1. The number of nitrogens with zero attached hydrogens (tertiary/aromatic N) is 3. The van der Waals surface area contributed by atoms with Crippen LogP contribution in [0.3, 0.4) is 0 Å². The molecule has 2 amide bonds. The van der Waals surface area contributed by atoms with Crippen molar-refractivity contribution in [3.63, 3.8) is 0 Å². The van der Waals surface area contributed by atoms with Crippen LogP contribution in [0.4, 0.5) is 5.69 Å². The summed E-state index contributed by atoms with van der Waals surface area (Å²) in [5, 5.41) is 15.3.